The molecule has 2 aliphatic rings. The summed E-state index contributed by atoms with van der Waals surface area (Å²) in [4.78, 5) is 0. The van der Waals surface area contributed by atoms with Gasteiger partial charge in [-0.25, -0.2) is 9.07 Å². The molecule has 0 amide bonds. The van der Waals surface area contributed by atoms with E-state index in [-0.39, 0.29) is 6.23 Å². The summed E-state index contributed by atoms with van der Waals surface area (Å²) in [7, 11) is 0. The Morgan fingerprint density at radius 2 is 2.26 bits per heavy atom. The Morgan fingerprint density at radius 3 is 2.87 bits per heavy atom. The fourth-order valence-electron chi connectivity index (χ4n) is 3.30. The van der Waals surface area contributed by atoms with E-state index < -0.39 is 5.67 Å². The van der Waals surface area contributed by atoms with Gasteiger partial charge in [0.2, 0.25) is 0 Å². The number of alkyl halides is 1. The molecule has 1 aromatic carbocycles. The van der Waals surface area contributed by atoms with Crippen molar-refractivity contribution in [2.45, 2.75) is 44.0 Å². The topological polar surface area (TPSA) is 27.1 Å². The van der Waals surface area contributed by atoms with Crippen molar-refractivity contribution in [3.63, 3.8) is 0 Å². The summed E-state index contributed by atoms with van der Waals surface area (Å²) in [5, 5.41) is 5.94. The highest BCUT2D eigenvalue weighted by Gasteiger charge is 2.48. The molecule has 6 heteroatoms. The van der Waals surface area contributed by atoms with Crippen LogP contribution in [0.15, 0.2) is 17.1 Å². The molecule has 2 aromatic rings. The maximum atomic E-state index is 14.7. The van der Waals surface area contributed by atoms with Crippen LogP contribution in [0.3, 0.4) is 0 Å². The maximum Gasteiger partial charge on any atom is 0.150 e. The lowest BCUT2D eigenvalue weighted by atomic mass is 10.0. The molecule has 1 saturated heterocycles. The molecule has 0 radical (unpaired) electrons. The minimum absolute atomic E-state index is 0.103. The van der Waals surface area contributed by atoms with E-state index in [4.69, 9.17) is 16.3 Å². The molecule has 4 rings (SSSR count). The van der Waals surface area contributed by atoms with Crippen LogP contribution in [0.1, 0.15) is 49.6 Å². The third kappa shape index (κ3) is 2.44. The summed E-state index contributed by atoms with van der Waals surface area (Å²) in [5.74, 6) is 0. The first kappa shape index (κ1) is 15.6. The number of hydrogen-bond donors (Lipinski definition) is 0. The number of rotatable bonds is 3. The Bertz CT molecular complexity index is 794. The van der Waals surface area contributed by atoms with Gasteiger partial charge in [-0.1, -0.05) is 18.2 Å². The predicted molar refractivity (Wildman–Crippen MR) is 93.4 cm³/mol. The Labute approximate surface area is 147 Å². The molecule has 1 saturated carbocycles. The van der Waals surface area contributed by atoms with Gasteiger partial charge in [0.15, 0.2) is 6.23 Å². The van der Waals surface area contributed by atoms with E-state index in [2.05, 4.69) is 27.6 Å². The van der Waals surface area contributed by atoms with E-state index in [0.717, 1.165) is 42.5 Å². The molecule has 1 aliphatic carbocycles. The lowest BCUT2D eigenvalue weighted by Crippen LogP contribution is -2.19. The monoisotopic (exact) mass is 398 g/mol. The van der Waals surface area contributed by atoms with Crippen LogP contribution >= 0.6 is 27.5 Å². The first-order chi connectivity index (χ1) is 11.0. The van der Waals surface area contributed by atoms with E-state index in [1.54, 1.807) is 6.08 Å². The average Bonchev–Trinajstić information content (AvgIpc) is 3.17. The van der Waals surface area contributed by atoms with Crippen molar-refractivity contribution in [3.05, 3.63) is 33.4 Å². The quantitative estimate of drug-likeness (QED) is 0.657. The van der Waals surface area contributed by atoms with Crippen LogP contribution < -0.4 is 0 Å². The number of hydrogen-bond acceptors (Lipinski definition) is 2. The summed E-state index contributed by atoms with van der Waals surface area (Å²) < 4.78 is 23.1. The van der Waals surface area contributed by atoms with Crippen molar-refractivity contribution >= 4 is 44.5 Å². The molecule has 0 spiro atoms. The van der Waals surface area contributed by atoms with Gasteiger partial charge in [-0.2, -0.15) is 5.10 Å². The highest BCUT2D eigenvalue weighted by Crippen LogP contribution is 2.55. The molecule has 23 heavy (non-hydrogen) atoms. The standard InChI is InChI=1S/C17H17BrClFN2O/c1-2-11-14-12(22(21-11)13-5-3-4-8-23-13)9-10(19)15(16(14)18)17(20)6-7-17/h2,9,13H,1,3-8H2. The summed E-state index contributed by atoms with van der Waals surface area (Å²) in [5.41, 5.74) is 0.810. The van der Waals surface area contributed by atoms with Crippen molar-refractivity contribution in [1.82, 2.24) is 9.78 Å². The number of aromatic nitrogens is 2. The zero-order chi connectivity index (χ0) is 16.2. The molecule has 0 N–H and O–H groups in total. The number of benzene rings is 1. The zero-order valence-electron chi connectivity index (χ0n) is 12.6. The van der Waals surface area contributed by atoms with Crippen LogP contribution in [0.25, 0.3) is 17.0 Å². The van der Waals surface area contributed by atoms with Gasteiger partial charge in [-0.15, -0.1) is 0 Å². The van der Waals surface area contributed by atoms with Gasteiger partial charge in [-0.3, -0.25) is 0 Å². The minimum Gasteiger partial charge on any atom is -0.356 e. The highest BCUT2D eigenvalue weighted by atomic mass is 79.9. The smallest absolute Gasteiger partial charge is 0.150 e. The second-order valence-electron chi connectivity index (χ2n) is 6.26. The maximum absolute atomic E-state index is 14.7. The molecular formula is C17H17BrClFN2O. The first-order valence-corrected chi connectivity index (χ1v) is 9.06. The molecule has 1 atom stereocenters. The number of fused-ring (bicyclic) bond motifs is 1. The van der Waals surface area contributed by atoms with E-state index in [1.165, 1.54) is 0 Å². The molecule has 1 unspecified atom stereocenters. The van der Waals surface area contributed by atoms with Crippen molar-refractivity contribution < 1.29 is 9.13 Å². The van der Waals surface area contributed by atoms with Gasteiger partial charge in [0.25, 0.3) is 0 Å². The van der Waals surface area contributed by atoms with Crippen LogP contribution in [0.4, 0.5) is 4.39 Å². The zero-order valence-corrected chi connectivity index (χ0v) is 15.0. The summed E-state index contributed by atoms with van der Waals surface area (Å²) in [6.07, 6.45) is 5.72. The lowest BCUT2D eigenvalue weighted by Gasteiger charge is -2.23. The Kier molecular flexibility index (Phi) is 3.78. The Morgan fingerprint density at radius 1 is 1.48 bits per heavy atom. The summed E-state index contributed by atoms with van der Waals surface area (Å²) in [6, 6.07) is 1.81. The van der Waals surface area contributed by atoms with E-state index in [0.29, 0.717) is 27.9 Å². The average molecular weight is 400 g/mol. The van der Waals surface area contributed by atoms with Crippen molar-refractivity contribution in [1.29, 1.82) is 0 Å². The first-order valence-electron chi connectivity index (χ1n) is 7.89. The van der Waals surface area contributed by atoms with Crippen LogP contribution in [0.5, 0.6) is 0 Å². The van der Waals surface area contributed by atoms with Gasteiger partial charge >= 0.3 is 0 Å². The van der Waals surface area contributed by atoms with Gasteiger partial charge in [0.05, 0.1) is 16.2 Å². The van der Waals surface area contributed by atoms with Crippen molar-refractivity contribution in [2.75, 3.05) is 6.61 Å². The molecule has 1 aliphatic heterocycles. The van der Waals surface area contributed by atoms with Crippen LogP contribution in [-0.2, 0) is 10.4 Å². The van der Waals surface area contributed by atoms with Gasteiger partial charge < -0.3 is 4.74 Å². The fraction of sp³-hybridized carbons (Fsp3) is 0.471. The minimum atomic E-state index is -1.31. The summed E-state index contributed by atoms with van der Waals surface area (Å²) >= 11 is 9.99. The normalized spacial score (nSPS) is 23.2. The van der Waals surface area contributed by atoms with Crippen molar-refractivity contribution in [2.24, 2.45) is 0 Å². The summed E-state index contributed by atoms with van der Waals surface area (Å²) in [6.45, 7) is 4.58. The Hall–Kier alpha value is -0.910. The number of ether oxygens (including phenoxy) is 1. The van der Waals surface area contributed by atoms with Crippen molar-refractivity contribution in [3.8, 4) is 0 Å². The van der Waals surface area contributed by atoms with E-state index in [1.807, 2.05) is 10.7 Å². The second-order valence-corrected chi connectivity index (χ2v) is 7.46. The molecule has 122 valence electrons. The van der Waals surface area contributed by atoms with E-state index >= 15 is 0 Å². The largest absolute Gasteiger partial charge is 0.356 e. The van der Waals surface area contributed by atoms with Gasteiger partial charge in [0.1, 0.15) is 5.67 Å². The third-order valence-electron chi connectivity index (χ3n) is 4.67. The predicted octanol–water partition coefficient (Wildman–Crippen LogP) is 5.75. The van der Waals surface area contributed by atoms with Crippen LogP contribution in [-0.4, -0.2) is 16.4 Å². The molecule has 2 heterocycles. The molecule has 2 fully saturated rings. The highest BCUT2D eigenvalue weighted by molar-refractivity contribution is 9.10. The molecule has 3 nitrogen and oxygen atoms in total. The molecular weight excluding hydrogens is 383 g/mol. The number of nitrogens with zero attached hydrogens (tertiary/aromatic N) is 2. The van der Waals surface area contributed by atoms with Crippen LogP contribution in [0, 0.1) is 0 Å². The molecule has 0 bridgehead atoms. The molecule has 1 aromatic heterocycles. The lowest BCUT2D eigenvalue weighted by molar-refractivity contribution is -0.0367. The third-order valence-corrected chi connectivity index (χ3v) is 5.77. The van der Waals surface area contributed by atoms with Gasteiger partial charge in [-0.05, 0) is 60.2 Å². The fourth-order valence-corrected chi connectivity index (χ4v) is 4.76. The van der Waals surface area contributed by atoms with Crippen LogP contribution in [0.2, 0.25) is 5.02 Å². The van der Waals surface area contributed by atoms with E-state index in [9.17, 15) is 4.39 Å². The SMILES string of the molecule is C=Cc1nn(C2CCCCO2)c2cc(Cl)c(C3(F)CC3)c(Br)c12. The Balaban J connectivity index is 1.95. The van der Waals surface area contributed by atoms with Gasteiger partial charge in [0, 0.05) is 22.0 Å². The number of halogens is 3. The second kappa shape index (κ2) is 5.57.